The molecular weight excluding hydrogens is 281 g/mol. The second kappa shape index (κ2) is 5.13. The van der Waals surface area contributed by atoms with Gasteiger partial charge in [0.1, 0.15) is 5.82 Å². The predicted molar refractivity (Wildman–Crippen MR) is 66.7 cm³/mol. The Morgan fingerprint density at radius 2 is 2.17 bits per heavy atom. The molecule has 2 N–H and O–H groups in total. The zero-order valence-electron chi connectivity index (χ0n) is 9.44. The maximum Gasteiger partial charge on any atom is 0.154 e. The Morgan fingerprint density at radius 3 is 2.72 bits per heavy atom. The summed E-state index contributed by atoms with van der Waals surface area (Å²) in [6.45, 7) is 0.331. The van der Waals surface area contributed by atoms with Crippen molar-refractivity contribution >= 4 is 21.4 Å². The van der Waals surface area contributed by atoms with Gasteiger partial charge in [-0.2, -0.15) is 0 Å². The lowest BCUT2D eigenvalue weighted by molar-refractivity contribution is 0.165. The molecule has 1 saturated heterocycles. The molecular formula is C11H13ClFNO3S. The molecule has 0 aliphatic carbocycles. The molecule has 1 aliphatic heterocycles. The number of aliphatic hydroxyl groups excluding tert-OH is 1. The van der Waals surface area contributed by atoms with E-state index in [0.29, 0.717) is 6.54 Å². The van der Waals surface area contributed by atoms with E-state index in [9.17, 15) is 17.9 Å². The Labute approximate surface area is 110 Å². The van der Waals surface area contributed by atoms with E-state index in [1.165, 1.54) is 12.1 Å². The maximum atomic E-state index is 12.9. The van der Waals surface area contributed by atoms with Crippen molar-refractivity contribution in [1.29, 1.82) is 0 Å². The molecule has 0 saturated carbocycles. The van der Waals surface area contributed by atoms with Crippen molar-refractivity contribution in [1.82, 2.24) is 5.32 Å². The summed E-state index contributed by atoms with van der Waals surface area (Å²) < 4.78 is 35.5. The molecule has 1 aromatic carbocycles. The third-order valence-electron chi connectivity index (χ3n) is 2.88. The molecule has 0 bridgehead atoms. The highest BCUT2D eigenvalue weighted by Crippen LogP contribution is 2.17. The third kappa shape index (κ3) is 3.20. The SMILES string of the molecule is O=S1(=O)CC(O)C(NCc2ccc(F)c(Cl)c2)C1. The van der Waals surface area contributed by atoms with Crippen LogP contribution >= 0.6 is 11.6 Å². The van der Waals surface area contributed by atoms with E-state index in [4.69, 9.17) is 11.6 Å². The molecule has 2 unspecified atom stereocenters. The van der Waals surface area contributed by atoms with Gasteiger partial charge in [0.2, 0.25) is 0 Å². The van der Waals surface area contributed by atoms with Gasteiger partial charge in [-0.1, -0.05) is 17.7 Å². The van der Waals surface area contributed by atoms with E-state index in [-0.39, 0.29) is 16.5 Å². The first-order chi connectivity index (χ1) is 8.37. The van der Waals surface area contributed by atoms with E-state index >= 15 is 0 Å². The molecule has 100 valence electrons. The van der Waals surface area contributed by atoms with Crippen molar-refractivity contribution in [2.24, 2.45) is 0 Å². The minimum Gasteiger partial charge on any atom is -0.390 e. The third-order valence-corrected chi connectivity index (χ3v) is 4.88. The van der Waals surface area contributed by atoms with Crippen LogP contribution in [0, 0.1) is 5.82 Å². The van der Waals surface area contributed by atoms with Gasteiger partial charge in [0.05, 0.1) is 22.6 Å². The van der Waals surface area contributed by atoms with Crippen LogP contribution in [0.5, 0.6) is 0 Å². The molecule has 4 nitrogen and oxygen atoms in total. The fourth-order valence-corrected chi connectivity index (χ4v) is 3.90. The summed E-state index contributed by atoms with van der Waals surface area (Å²) in [5.74, 6) is -0.790. The van der Waals surface area contributed by atoms with Gasteiger partial charge in [-0.15, -0.1) is 0 Å². The smallest absolute Gasteiger partial charge is 0.154 e. The summed E-state index contributed by atoms with van der Waals surface area (Å²) in [6.07, 6.45) is -0.897. The second-order valence-corrected chi connectivity index (χ2v) is 6.94. The summed E-state index contributed by atoms with van der Waals surface area (Å²) in [5, 5.41) is 12.5. The minimum absolute atomic E-state index is 0.0221. The minimum atomic E-state index is -3.16. The number of benzene rings is 1. The van der Waals surface area contributed by atoms with Gasteiger partial charge in [0.15, 0.2) is 9.84 Å². The van der Waals surface area contributed by atoms with Crippen molar-refractivity contribution in [2.45, 2.75) is 18.7 Å². The Morgan fingerprint density at radius 1 is 1.44 bits per heavy atom. The lowest BCUT2D eigenvalue weighted by Gasteiger charge is -2.14. The van der Waals surface area contributed by atoms with Crippen LogP contribution in [0.1, 0.15) is 5.56 Å². The topological polar surface area (TPSA) is 66.4 Å². The Hall–Kier alpha value is -0.690. The van der Waals surface area contributed by atoms with Gasteiger partial charge >= 0.3 is 0 Å². The highest BCUT2D eigenvalue weighted by atomic mass is 35.5. The summed E-state index contributed by atoms with van der Waals surface area (Å²) >= 11 is 5.64. The lowest BCUT2D eigenvalue weighted by Crippen LogP contribution is -2.38. The molecule has 2 rings (SSSR count). The van der Waals surface area contributed by atoms with Crippen LogP contribution in [0.25, 0.3) is 0 Å². The fraction of sp³-hybridized carbons (Fsp3) is 0.455. The summed E-state index contributed by atoms with van der Waals surface area (Å²) in [5.41, 5.74) is 0.734. The molecule has 0 spiro atoms. The number of aliphatic hydroxyl groups is 1. The zero-order chi connectivity index (χ0) is 13.3. The summed E-state index contributed by atoms with van der Waals surface area (Å²) in [6, 6.07) is 3.80. The van der Waals surface area contributed by atoms with Crippen LogP contribution in [-0.4, -0.2) is 37.2 Å². The molecule has 7 heteroatoms. The van der Waals surface area contributed by atoms with Crippen LogP contribution in [0.3, 0.4) is 0 Å². The van der Waals surface area contributed by atoms with Crippen LogP contribution in [0.2, 0.25) is 5.02 Å². The van der Waals surface area contributed by atoms with Gasteiger partial charge in [-0.05, 0) is 17.7 Å². The van der Waals surface area contributed by atoms with Gasteiger partial charge in [0, 0.05) is 12.6 Å². The molecule has 18 heavy (non-hydrogen) atoms. The highest BCUT2D eigenvalue weighted by Gasteiger charge is 2.35. The van der Waals surface area contributed by atoms with E-state index in [2.05, 4.69) is 5.32 Å². The molecule has 0 amide bonds. The summed E-state index contributed by atoms with van der Waals surface area (Å²) in [4.78, 5) is 0. The molecule has 2 atom stereocenters. The first kappa shape index (κ1) is 13.7. The van der Waals surface area contributed by atoms with E-state index in [0.717, 1.165) is 5.56 Å². The van der Waals surface area contributed by atoms with E-state index < -0.39 is 27.8 Å². The van der Waals surface area contributed by atoms with Gasteiger partial charge in [0.25, 0.3) is 0 Å². The lowest BCUT2D eigenvalue weighted by atomic mass is 10.2. The standard InChI is InChI=1S/C11H13ClFNO3S/c12-8-3-7(1-2-9(8)13)4-14-10-5-18(16,17)6-11(10)15/h1-3,10-11,14-15H,4-6H2. The number of hydrogen-bond acceptors (Lipinski definition) is 4. The molecule has 1 aliphatic rings. The normalized spacial score (nSPS) is 26.4. The number of rotatable bonds is 3. The van der Waals surface area contributed by atoms with E-state index in [1.807, 2.05) is 0 Å². The first-order valence-electron chi connectivity index (χ1n) is 5.43. The van der Waals surface area contributed by atoms with Crippen molar-refractivity contribution in [3.63, 3.8) is 0 Å². The van der Waals surface area contributed by atoms with Gasteiger partial charge in [-0.25, -0.2) is 12.8 Å². The van der Waals surface area contributed by atoms with Crippen molar-refractivity contribution in [2.75, 3.05) is 11.5 Å². The quantitative estimate of drug-likeness (QED) is 0.862. The Bertz CT molecular complexity index is 549. The maximum absolute atomic E-state index is 12.9. The zero-order valence-corrected chi connectivity index (χ0v) is 11.0. The molecule has 1 fully saturated rings. The largest absolute Gasteiger partial charge is 0.390 e. The van der Waals surface area contributed by atoms with E-state index in [1.54, 1.807) is 6.07 Å². The van der Waals surface area contributed by atoms with Crippen molar-refractivity contribution < 1.29 is 17.9 Å². The summed E-state index contributed by atoms with van der Waals surface area (Å²) in [7, 11) is -3.16. The monoisotopic (exact) mass is 293 g/mol. The highest BCUT2D eigenvalue weighted by molar-refractivity contribution is 7.91. The molecule has 0 aromatic heterocycles. The Kier molecular flexibility index (Phi) is 3.91. The van der Waals surface area contributed by atoms with Crippen LogP contribution in [0.15, 0.2) is 18.2 Å². The number of sulfone groups is 1. The van der Waals surface area contributed by atoms with Crippen LogP contribution < -0.4 is 5.32 Å². The van der Waals surface area contributed by atoms with Crippen LogP contribution in [-0.2, 0) is 16.4 Å². The second-order valence-electron chi connectivity index (χ2n) is 4.38. The predicted octanol–water partition coefficient (Wildman–Crippen LogP) is 0.727. The number of hydrogen-bond donors (Lipinski definition) is 2. The first-order valence-corrected chi connectivity index (χ1v) is 7.63. The molecule has 0 radical (unpaired) electrons. The average molecular weight is 294 g/mol. The Balaban J connectivity index is 1.98. The number of nitrogens with one attached hydrogen (secondary N) is 1. The van der Waals surface area contributed by atoms with Gasteiger partial charge in [-0.3, -0.25) is 0 Å². The average Bonchev–Trinajstić information content (AvgIpc) is 2.53. The van der Waals surface area contributed by atoms with Crippen LogP contribution in [0.4, 0.5) is 4.39 Å². The van der Waals surface area contributed by atoms with Crippen molar-refractivity contribution in [3.05, 3.63) is 34.6 Å². The molecule has 1 aromatic rings. The molecule has 1 heterocycles. The van der Waals surface area contributed by atoms with Crippen molar-refractivity contribution in [3.8, 4) is 0 Å². The van der Waals surface area contributed by atoms with Gasteiger partial charge < -0.3 is 10.4 Å². The fourth-order valence-electron chi connectivity index (χ4n) is 1.92. The number of halogens is 2.